The van der Waals surface area contributed by atoms with Crippen molar-refractivity contribution in [2.24, 2.45) is 5.41 Å². The van der Waals surface area contributed by atoms with Crippen LogP contribution in [0.5, 0.6) is 0 Å². The van der Waals surface area contributed by atoms with Gasteiger partial charge in [0.25, 0.3) is 0 Å². The van der Waals surface area contributed by atoms with E-state index in [1.807, 2.05) is 14.1 Å². The highest BCUT2D eigenvalue weighted by atomic mass is 16.5. The van der Waals surface area contributed by atoms with Crippen molar-refractivity contribution >= 4 is 5.97 Å². The van der Waals surface area contributed by atoms with Crippen LogP contribution < -0.4 is 5.32 Å². The first kappa shape index (κ1) is 15.3. The van der Waals surface area contributed by atoms with Gasteiger partial charge in [0.1, 0.15) is 6.04 Å². The van der Waals surface area contributed by atoms with Gasteiger partial charge in [-0.05, 0) is 19.5 Å². The molecule has 5 nitrogen and oxygen atoms in total. The van der Waals surface area contributed by atoms with Crippen molar-refractivity contribution in [3.8, 4) is 0 Å². The van der Waals surface area contributed by atoms with Gasteiger partial charge < -0.3 is 20.1 Å². The van der Waals surface area contributed by atoms with Crippen molar-refractivity contribution < 1.29 is 14.6 Å². The number of carboxylic acid groups (broad SMARTS) is 1. The first-order valence-electron chi connectivity index (χ1n) is 5.38. The lowest BCUT2D eigenvalue weighted by molar-refractivity contribution is -0.141. The molecule has 0 aliphatic carbocycles. The van der Waals surface area contributed by atoms with Gasteiger partial charge in [-0.15, -0.1) is 0 Å². The van der Waals surface area contributed by atoms with Gasteiger partial charge in [0.05, 0.1) is 6.61 Å². The molecule has 2 N–H and O–H groups in total. The summed E-state index contributed by atoms with van der Waals surface area (Å²) in [6, 6.07) is -0.633. The van der Waals surface area contributed by atoms with E-state index in [1.165, 1.54) is 7.11 Å². The summed E-state index contributed by atoms with van der Waals surface area (Å²) >= 11 is 0. The maximum Gasteiger partial charge on any atom is 0.323 e. The maximum absolute atomic E-state index is 10.9. The third-order valence-electron chi connectivity index (χ3n) is 2.20. The molecule has 0 radical (unpaired) electrons. The standard InChI is InChI=1S/C11H24N2O3/c1-11(2,8-13(3)4)7-12-9(6-16-5)10(14)15/h9,12H,6-8H2,1-5H3,(H,14,15). The second-order valence-electron chi connectivity index (χ2n) is 5.13. The van der Waals surface area contributed by atoms with Crippen molar-refractivity contribution in [1.29, 1.82) is 0 Å². The number of ether oxygens (including phenoxy) is 1. The molecule has 0 saturated heterocycles. The Bertz CT molecular complexity index is 217. The van der Waals surface area contributed by atoms with Gasteiger partial charge in [-0.1, -0.05) is 13.8 Å². The molecule has 0 aromatic carbocycles. The second kappa shape index (κ2) is 6.83. The Kier molecular flexibility index (Phi) is 6.55. The third kappa shape index (κ3) is 6.76. The van der Waals surface area contributed by atoms with Crippen molar-refractivity contribution in [3.05, 3.63) is 0 Å². The van der Waals surface area contributed by atoms with Crippen molar-refractivity contribution in [2.45, 2.75) is 19.9 Å². The van der Waals surface area contributed by atoms with Crippen LogP contribution in [0.15, 0.2) is 0 Å². The Morgan fingerprint density at radius 2 is 2.06 bits per heavy atom. The average molecular weight is 232 g/mol. The molecular formula is C11H24N2O3. The molecule has 0 fully saturated rings. The number of rotatable bonds is 8. The Morgan fingerprint density at radius 1 is 1.50 bits per heavy atom. The summed E-state index contributed by atoms with van der Waals surface area (Å²) in [4.78, 5) is 13.0. The minimum absolute atomic E-state index is 0.0327. The van der Waals surface area contributed by atoms with E-state index in [4.69, 9.17) is 9.84 Å². The number of nitrogens with zero attached hydrogens (tertiary/aromatic N) is 1. The molecular weight excluding hydrogens is 208 g/mol. The summed E-state index contributed by atoms with van der Waals surface area (Å²) in [5.41, 5.74) is 0.0327. The molecule has 0 aromatic heterocycles. The van der Waals surface area contributed by atoms with Gasteiger partial charge in [-0.2, -0.15) is 0 Å². The van der Waals surface area contributed by atoms with Gasteiger partial charge in [0.15, 0.2) is 0 Å². The van der Waals surface area contributed by atoms with Crippen molar-refractivity contribution in [3.63, 3.8) is 0 Å². The molecule has 0 saturated carbocycles. The van der Waals surface area contributed by atoms with E-state index in [0.717, 1.165) is 6.54 Å². The molecule has 0 aliphatic heterocycles. The lowest BCUT2D eigenvalue weighted by Crippen LogP contribution is -2.46. The third-order valence-corrected chi connectivity index (χ3v) is 2.20. The topological polar surface area (TPSA) is 61.8 Å². The summed E-state index contributed by atoms with van der Waals surface area (Å²) in [7, 11) is 5.51. The number of nitrogens with one attached hydrogen (secondary N) is 1. The molecule has 0 heterocycles. The monoisotopic (exact) mass is 232 g/mol. The van der Waals surface area contributed by atoms with Gasteiger partial charge >= 0.3 is 5.97 Å². The molecule has 0 amide bonds. The highest BCUT2D eigenvalue weighted by molar-refractivity contribution is 5.73. The molecule has 5 heteroatoms. The van der Waals surface area contributed by atoms with Crippen LogP contribution in [0.2, 0.25) is 0 Å². The summed E-state index contributed by atoms with van der Waals surface area (Å²) < 4.78 is 4.86. The molecule has 96 valence electrons. The molecule has 16 heavy (non-hydrogen) atoms. The molecule has 0 spiro atoms. The minimum atomic E-state index is -0.873. The van der Waals surface area contributed by atoms with Gasteiger partial charge in [-0.3, -0.25) is 4.79 Å². The van der Waals surface area contributed by atoms with Crippen LogP contribution in [-0.4, -0.2) is 62.9 Å². The SMILES string of the molecule is COCC(NCC(C)(C)CN(C)C)C(=O)O. The smallest absolute Gasteiger partial charge is 0.323 e. The Hall–Kier alpha value is -0.650. The van der Waals surface area contributed by atoms with Gasteiger partial charge in [-0.25, -0.2) is 0 Å². The van der Waals surface area contributed by atoms with Crippen LogP contribution in [-0.2, 0) is 9.53 Å². The zero-order valence-electron chi connectivity index (χ0n) is 10.9. The number of hydrogen-bond donors (Lipinski definition) is 2. The van der Waals surface area contributed by atoms with E-state index in [0.29, 0.717) is 6.54 Å². The van der Waals surface area contributed by atoms with E-state index in [9.17, 15) is 4.79 Å². The Balaban J connectivity index is 4.13. The van der Waals surface area contributed by atoms with E-state index < -0.39 is 12.0 Å². The summed E-state index contributed by atoms with van der Waals surface area (Å²) in [5.74, 6) is -0.873. The quantitative estimate of drug-likeness (QED) is 0.629. The molecule has 0 aliphatic rings. The fourth-order valence-corrected chi connectivity index (χ4v) is 1.70. The lowest BCUT2D eigenvalue weighted by atomic mass is 9.92. The zero-order valence-corrected chi connectivity index (χ0v) is 10.9. The predicted octanol–water partition coefficient (Wildman–Crippen LogP) is 0.263. The molecule has 1 unspecified atom stereocenters. The van der Waals surface area contributed by atoms with Crippen LogP contribution >= 0.6 is 0 Å². The van der Waals surface area contributed by atoms with Crippen LogP contribution in [0.25, 0.3) is 0 Å². The first-order valence-corrected chi connectivity index (χ1v) is 5.38. The van der Waals surface area contributed by atoms with E-state index in [-0.39, 0.29) is 12.0 Å². The Morgan fingerprint density at radius 3 is 2.44 bits per heavy atom. The molecule has 1 atom stereocenters. The second-order valence-corrected chi connectivity index (χ2v) is 5.13. The fraction of sp³-hybridized carbons (Fsp3) is 0.909. The summed E-state index contributed by atoms with van der Waals surface area (Å²) in [5, 5.41) is 11.9. The number of carbonyl (C=O) groups is 1. The Labute approximate surface area is 97.8 Å². The predicted molar refractivity (Wildman–Crippen MR) is 63.6 cm³/mol. The summed E-state index contributed by atoms with van der Waals surface area (Å²) in [6.07, 6.45) is 0. The normalized spacial score (nSPS) is 14.1. The lowest BCUT2D eigenvalue weighted by Gasteiger charge is -2.29. The molecule has 0 aromatic rings. The number of carboxylic acids is 1. The largest absolute Gasteiger partial charge is 0.480 e. The van der Waals surface area contributed by atoms with Crippen LogP contribution in [0.3, 0.4) is 0 Å². The maximum atomic E-state index is 10.9. The number of aliphatic carboxylic acids is 1. The minimum Gasteiger partial charge on any atom is -0.480 e. The van der Waals surface area contributed by atoms with E-state index >= 15 is 0 Å². The first-order chi connectivity index (χ1) is 7.28. The van der Waals surface area contributed by atoms with E-state index in [2.05, 4.69) is 24.1 Å². The van der Waals surface area contributed by atoms with Crippen LogP contribution in [0.1, 0.15) is 13.8 Å². The number of methoxy groups -OCH3 is 1. The highest BCUT2D eigenvalue weighted by Crippen LogP contribution is 2.14. The fourth-order valence-electron chi connectivity index (χ4n) is 1.70. The summed E-state index contributed by atoms with van der Waals surface area (Å²) in [6.45, 7) is 5.94. The van der Waals surface area contributed by atoms with Crippen LogP contribution in [0, 0.1) is 5.41 Å². The van der Waals surface area contributed by atoms with Crippen molar-refractivity contribution in [2.75, 3.05) is 40.9 Å². The van der Waals surface area contributed by atoms with Gasteiger partial charge in [0.2, 0.25) is 0 Å². The van der Waals surface area contributed by atoms with E-state index in [1.54, 1.807) is 0 Å². The van der Waals surface area contributed by atoms with Crippen molar-refractivity contribution in [1.82, 2.24) is 10.2 Å². The number of hydrogen-bond acceptors (Lipinski definition) is 4. The highest BCUT2D eigenvalue weighted by Gasteiger charge is 2.23. The molecule has 0 rings (SSSR count). The zero-order chi connectivity index (χ0) is 12.8. The average Bonchev–Trinajstić information content (AvgIpc) is 2.09. The molecule has 0 bridgehead atoms. The van der Waals surface area contributed by atoms with Gasteiger partial charge in [0, 0.05) is 20.2 Å². The van der Waals surface area contributed by atoms with Crippen LogP contribution in [0.4, 0.5) is 0 Å².